The van der Waals surface area contributed by atoms with Gasteiger partial charge in [-0.05, 0) is 80.8 Å². The van der Waals surface area contributed by atoms with Crippen LogP contribution in [0.25, 0.3) is 0 Å². The number of aryl methyl sites for hydroxylation is 4. The van der Waals surface area contributed by atoms with Gasteiger partial charge in [-0.3, -0.25) is 9.59 Å². The van der Waals surface area contributed by atoms with Crippen molar-refractivity contribution in [2.45, 2.75) is 58.3 Å². The van der Waals surface area contributed by atoms with E-state index >= 15 is 0 Å². The fourth-order valence-corrected chi connectivity index (χ4v) is 6.47. The Morgan fingerprint density at radius 3 is 2.32 bits per heavy atom. The van der Waals surface area contributed by atoms with Gasteiger partial charge >= 0.3 is 0 Å². The minimum absolute atomic E-state index is 0.116. The highest BCUT2D eigenvalue weighted by Crippen LogP contribution is 2.32. The van der Waals surface area contributed by atoms with Gasteiger partial charge < -0.3 is 10.2 Å². The monoisotopic (exact) mass is 483 g/mol. The zero-order valence-electron chi connectivity index (χ0n) is 20.3. The second-order valence-electron chi connectivity index (χ2n) is 9.68. The van der Waals surface area contributed by atoms with E-state index in [1.807, 2.05) is 32.9 Å². The van der Waals surface area contributed by atoms with Crippen LogP contribution in [0.5, 0.6) is 0 Å². The maximum atomic E-state index is 13.2. The lowest BCUT2D eigenvalue weighted by Crippen LogP contribution is -2.41. The molecule has 0 unspecified atom stereocenters. The number of nitrogens with one attached hydrogen (secondary N) is 1. The van der Waals surface area contributed by atoms with Crippen LogP contribution in [0, 0.1) is 26.7 Å². The van der Waals surface area contributed by atoms with Crippen LogP contribution in [0.4, 0.5) is 11.4 Å². The first kappa shape index (κ1) is 24.4. The molecule has 0 atom stereocenters. The Hall–Kier alpha value is -2.71. The summed E-state index contributed by atoms with van der Waals surface area (Å²) in [5.74, 6) is 0.115. The molecule has 0 spiro atoms. The van der Waals surface area contributed by atoms with Crippen LogP contribution in [0.1, 0.15) is 48.4 Å². The molecule has 7 nitrogen and oxygen atoms in total. The molecule has 2 aromatic rings. The van der Waals surface area contributed by atoms with Gasteiger partial charge in [-0.15, -0.1) is 0 Å². The highest BCUT2D eigenvalue weighted by atomic mass is 32.2. The summed E-state index contributed by atoms with van der Waals surface area (Å²) < 4.78 is 27.9. The number of anilines is 2. The van der Waals surface area contributed by atoms with Crippen LogP contribution < -0.4 is 10.2 Å². The van der Waals surface area contributed by atoms with Crippen molar-refractivity contribution < 1.29 is 18.0 Å². The number of hydrogen-bond acceptors (Lipinski definition) is 4. The summed E-state index contributed by atoms with van der Waals surface area (Å²) in [6.07, 6.45) is 2.43. The second-order valence-corrected chi connectivity index (χ2v) is 11.6. The molecule has 1 N–H and O–H groups in total. The molecular formula is C26H33N3O4S. The highest BCUT2D eigenvalue weighted by molar-refractivity contribution is 7.89. The predicted octanol–water partition coefficient (Wildman–Crippen LogP) is 3.95. The number of hydrogen-bond donors (Lipinski definition) is 1. The largest absolute Gasteiger partial charge is 0.324 e. The molecule has 0 aromatic heterocycles. The smallest absolute Gasteiger partial charge is 0.244 e. The van der Waals surface area contributed by atoms with Crippen LogP contribution in [-0.4, -0.2) is 44.2 Å². The van der Waals surface area contributed by atoms with E-state index in [2.05, 4.69) is 12.2 Å². The molecule has 0 aliphatic carbocycles. The normalized spacial score (nSPS) is 17.5. The van der Waals surface area contributed by atoms with E-state index in [0.29, 0.717) is 31.1 Å². The number of nitrogens with zero attached hydrogens (tertiary/aromatic N) is 2. The third kappa shape index (κ3) is 4.88. The number of benzene rings is 2. The molecule has 2 amide bonds. The first-order valence-electron chi connectivity index (χ1n) is 11.9. The first-order chi connectivity index (χ1) is 16.1. The summed E-state index contributed by atoms with van der Waals surface area (Å²) in [5.41, 5.74) is 5.21. The van der Waals surface area contributed by atoms with E-state index in [-0.39, 0.29) is 29.7 Å². The van der Waals surface area contributed by atoms with Gasteiger partial charge in [0.25, 0.3) is 0 Å². The maximum Gasteiger partial charge on any atom is 0.244 e. The lowest BCUT2D eigenvalue weighted by molar-refractivity contribution is -0.121. The molecule has 182 valence electrons. The van der Waals surface area contributed by atoms with Crippen molar-refractivity contribution in [3.63, 3.8) is 0 Å². The van der Waals surface area contributed by atoms with Gasteiger partial charge in [0.1, 0.15) is 6.54 Å². The van der Waals surface area contributed by atoms with E-state index in [0.717, 1.165) is 40.8 Å². The van der Waals surface area contributed by atoms with E-state index in [9.17, 15) is 18.0 Å². The van der Waals surface area contributed by atoms with Crippen LogP contribution >= 0.6 is 0 Å². The van der Waals surface area contributed by atoms with Gasteiger partial charge in [0, 0.05) is 30.9 Å². The van der Waals surface area contributed by atoms with Crippen LogP contribution in [0.3, 0.4) is 0 Å². The third-order valence-corrected chi connectivity index (χ3v) is 8.77. The van der Waals surface area contributed by atoms with Gasteiger partial charge in [-0.25, -0.2) is 8.42 Å². The topological polar surface area (TPSA) is 86.8 Å². The lowest BCUT2D eigenvalue weighted by Gasteiger charge is -2.31. The SMILES string of the molecule is Cc1cc(C)c(NC(=O)CN2C(=O)CCc3cc(S(=O)(=O)N4CCC(C)CC4)ccc32)c(C)c1. The molecular weight excluding hydrogens is 450 g/mol. The molecule has 1 fully saturated rings. The third-order valence-electron chi connectivity index (χ3n) is 6.87. The summed E-state index contributed by atoms with van der Waals surface area (Å²) in [6.45, 7) is 8.99. The average molecular weight is 484 g/mol. The molecule has 8 heteroatoms. The number of rotatable bonds is 5. The van der Waals surface area contributed by atoms with E-state index in [1.165, 1.54) is 4.90 Å². The zero-order chi connectivity index (χ0) is 24.6. The lowest BCUT2D eigenvalue weighted by atomic mass is 10.0. The number of amides is 2. The molecule has 1 saturated heterocycles. The fourth-order valence-electron chi connectivity index (χ4n) is 4.94. The summed E-state index contributed by atoms with van der Waals surface area (Å²) in [5, 5.41) is 2.95. The van der Waals surface area contributed by atoms with Crippen molar-refractivity contribution in [1.82, 2.24) is 4.31 Å². The Morgan fingerprint density at radius 2 is 1.68 bits per heavy atom. The number of fused-ring (bicyclic) bond motifs is 1. The molecule has 4 rings (SSSR count). The molecule has 2 heterocycles. The summed E-state index contributed by atoms with van der Waals surface area (Å²) >= 11 is 0. The number of carbonyl (C=O) groups excluding carboxylic acids is 2. The summed E-state index contributed by atoms with van der Waals surface area (Å²) in [6, 6.07) is 8.92. The van der Waals surface area contributed by atoms with E-state index in [4.69, 9.17) is 0 Å². The van der Waals surface area contributed by atoms with Crippen molar-refractivity contribution >= 4 is 33.2 Å². The van der Waals surface area contributed by atoms with Gasteiger partial charge in [-0.1, -0.05) is 24.6 Å². The standard InChI is InChI=1S/C26H33N3O4S/c1-17-9-11-28(12-10-17)34(32,33)22-6-7-23-21(15-22)5-8-25(31)29(23)16-24(30)27-26-19(3)13-18(2)14-20(26)4/h6-7,13-15,17H,5,8-12,16H2,1-4H3,(H,27,30). The van der Waals surface area contributed by atoms with Crippen molar-refractivity contribution in [2.75, 3.05) is 29.9 Å². The summed E-state index contributed by atoms with van der Waals surface area (Å²) in [4.78, 5) is 27.3. The van der Waals surface area contributed by atoms with Gasteiger partial charge in [0.2, 0.25) is 21.8 Å². The Morgan fingerprint density at radius 1 is 1.03 bits per heavy atom. The molecule has 2 aromatic carbocycles. The van der Waals surface area contributed by atoms with Crippen LogP contribution in [-0.2, 0) is 26.0 Å². The van der Waals surface area contributed by atoms with Gasteiger partial charge in [-0.2, -0.15) is 4.31 Å². The molecule has 0 saturated carbocycles. The number of sulfonamides is 1. The quantitative estimate of drug-likeness (QED) is 0.698. The van der Waals surface area contributed by atoms with Crippen molar-refractivity contribution in [3.8, 4) is 0 Å². The minimum atomic E-state index is -3.58. The zero-order valence-corrected chi connectivity index (χ0v) is 21.2. The molecule has 2 aliphatic rings. The Bertz CT molecular complexity index is 1210. The summed E-state index contributed by atoms with van der Waals surface area (Å²) in [7, 11) is -3.58. The van der Waals surface area contributed by atoms with Gasteiger partial charge in [0.15, 0.2) is 0 Å². The number of carbonyl (C=O) groups is 2. The van der Waals surface area contributed by atoms with E-state index < -0.39 is 10.0 Å². The van der Waals surface area contributed by atoms with Gasteiger partial charge in [0.05, 0.1) is 4.90 Å². The Kier molecular flexibility index (Phi) is 6.82. The minimum Gasteiger partial charge on any atom is -0.324 e. The van der Waals surface area contributed by atoms with Crippen molar-refractivity contribution in [1.29, 1.82) is 0 Å². The molecule has 2 aliphatic heterocycles. The fraction of sp³-hybridized carbons (Fsp3) is 0.462. The molecule has 0 radical (unpaired) electrons. The first-order valence-corrected chi connectivity index (χ1v) is 13.3. The maximum absolute atomic E-state index is 13.2. The van der Waals surface area contributed by atoms with Crippen molar-refractivity contribution in [3.05, 3.63) is 52.6 Å². The molecule has 0 bridgehead atoms. The van der Waals surface area contributed by atoms with Crippen molar-refractivity contribution in [2.24, 2.45) is 5.92 Å². The van der Waals surface area contributed by atoms with Crippen LogP contribution in [0.2, 0.25) is 0 Å². The van der Waals surface area contributed by atoms with Crippen LogP contribution in [0.15, 0.2) is 35.2 Å². The Balaban J connectivity index is 1.54. The number of piperidine rings is 1. The predicted molar refractivity (Wildman–Crippen MR) is 134 cm³/mol. The van der Waals surface area contributed by atoms with E-state index in [1.54, 1.807) is 22.5 Å². The average Bonchev–Trinajstić information content (AvgIpc) is 2.78. The highest BCUT2D eigenvalue weighted by Gasteiger charge is 2.31. The molecule has 34 heavy (non-hydrogen) atoms. The second kappa shape index (κ2) is 9.50. The Labute approximate surface area is 202 Å².